The number of aryl methyl sites for hydroxylation is 1. The number of halogens is 1. The van der Waals surface area contributed by atoms with Gasteiger partial charge >= 0.3 is 0 Å². The van der Waals surface area contributed by atoms with Gasteiger partial charge in [0.05, 0.1) is 5.56 Å². The van der Waals surface area contributed by atoms with Crippen molar-refractivity contribution in [3.8, 4) is 0 Å². The fourth-order valence-electron chi connectivity index (χ4n) is 2.21. The lowest BCUT2D eigenvalue weighted by Crippen LogP contribution is -2.35. The van der Waals surface area contributed by atoms with Crippen LogP contribution in [-0.4, -0.2) is 48.9 Å². The highest BCUT2D eigenvalue weighted by molar-refractivity contribution is 5.94. The zero-order valence-corrected chi connectivity index (χ0v) is 10.9. The monoisotopic (exact) mass is 250 g/mol. The van der Waals surface area contributed by atoms with Crippen LogP contribution < -0.4 is 0 Å². The average Bonchev–Trinajstić information content (AvgIpc) is 2.53. The molecule has 0 unspecified atom stereocenters. The lowest BCUT2D eigenvalue weighted by Gasteiger charge is -2.20. The lowest BCUT2D eigenvalue weighted by molar-refractivity contribution is 0.0758. The predicted octanol–water partition coefficient (Wildman–Crippen LogP) is 1.91. The molecular formula is C14H19FN2O. The fourth-order valence-corrected chi connectivity index (χ4v) is 2.21. The topological polar surface area (TPSA) is 23.6 Å². The Kier molecular flexibility index (Phi) is 3.97. The summed E-state index contributed by atoms with van der Waals surface area (Å²) in [6, 6.07) is 4.78. The summed E-state index contributed by atoms with van der Waals surface area (Å²) in [7, 11) is 2.04. The molecule has 98 valence electrons. The van der Waals surface area contributed by atoms with Crippen LogP contribution in [0.15, 0.2) is 18.2 Å². The maximum absolute atomic E-state index is 13.8. The van der Waals surface area contributed by atoms with Gasteiger partial charge in [-0.25, -0.2) is 4.39 Å². The van der Waals surface area contributed by atoms with Gasteiger partial charge in [-0.1, -0.05) is 6.07 Å². The van der Waals surface area contributed by atoms with Crippen LogP contribution in [0.3, 0.4) is 0 Å². The Balaban J connectivity index is 2.15. The molecule has 1 amide bonds. The van der Waals surface area contributed by atoms with Gasteiger partial charge in [-0.3, -0.25) is 4.79 Å². The normalized spacial score (nSPS) is 17.6. The molecule has 1 fully saturated rings. The molecule has 1 aliphatic heterocycles. The van der Waals surface area contributed by atoms with E-state index in [2.05, 4.69) is 4.90 Å². The maximum atomic E-state index is 13.8. The SMILES string of the molecule is Cc1ccc(C(=O)N2CCCN(C)CC2)c(F)c1. The summed E-state index contributed by atoms with van der Waals surface area (Å²) in [5, 5.41) is 0. The van der Waals surface area contributed by atoms with E-state index in [-0.39, 0.29) is 11.5 Å². The zero-order chi connectivity index (χ0) is 13.1. The molecule has 2 rings (SSSR count). The standard InChI is InChI=1S/C14H19FN2O/c1-11-4-5-12(13(15)10-11)14(18)17-7-3-6-16(2)8-9-17/h4-5,10H,3,6-9H2,1-2H3. The van der Waals surface area contributed by atoms with E-state index in [0.29, 0.717) is 13.1 Å². The van der Waals surface area contributed by atoms with Crippen LogP contribution in [0.4, 0.5) is 4.39 Å². The Morgan fingerprint density at radius 1 is 1.22 bits per heavy atom. The molecule has 1 heterocycles. The summed E-state index contributed by atoms with van der Waals surface area (Å²) in [6.45, 7) is 5.02. The zero-order valence-electron chi connectivity index (χ0n) is 10.9. The minimum absolute atomic E-state index is 0.185. The van der Waals surface area contributed by atoms with E-state index in [1.165, 1.54) is 6.07 Å². The third-order valence-electron chi connectivity index (χ3n) is 3.36. The van der Waals surface area contributed by atoms with Crippen molar-refractivity contribution in [2.75, 3.05) is 33.2 Å². The summed E-state index contributed by atoms with van der Waals surface area (Å²) >= 11 is 0. The van der Waals surface area contributed by atoms with Gasteiger partial charge in [-0.2, -0.15) is 0 Å². The van der Waals surface area contributed by atoms with Gasteiger partial charge in [0.25, 0.3) is 5.91 Å². The first-order valence-electron chi connectivity index (χ1n) is 6.32. The molecule has 18 heavy (non-hydrogen) atoms. The molecule has 0 saturated carbocycles. The van der Waals surface area contributed by atoms with Gasteiger partial charge in [0, 0.05) is 19.6 Å². The summed E-state index contributed by atoms with van der Waals surface area (Å²) in [4.78, 5) is 16.2. The molecule has 3 nitrogen and oxygen atoms in total. The van der Waals surface area contributed by atoms with E-state index >= 15 is 0 Å². The molecular weight excluding hydrogens is 231 g/mol. The average molecular weight is 250 g/mol. The Labute approximate surface area is 107 Å². The third kappa shape index (κ3) is 2.88. The van der Waals surface area contributed by atoms with E-state index in [1.807, 2.05) is 14.0 Å². The number of likely N-dealkylation sites (N-methyl/N-ethyl adjacent to an activating group) is 1. The van der Waals surface area contributed by atoms with Crippen LogP contribution in [0, 0.1) is 12.7 Å². The maximum Gasteiger partial charge on any atom is 0.256 e. The van der Waals surface area contributed by atoms with Crippen molar-refractivity contribution < 1.29 is 9.18 Å². The molecule has 0 spiro atoms. The molecule has 1 aromatic rings. The number of hydrogen-bond donors (Lipinski definition) is 0. The van der Waals surface area contributed by atoms with Crippen LogP contribution >= 0.6 is 0 Å². The van der Waals surface area contributed by atoms with E-state index in [4.69, 9.17) is 0 Å². The van der Waals surface area contributed by atoms with Gasteiger partial charge in [-0.05, 0) is 44.6 Å². The van der Waals surface area contributed by atoms with Crippen molar-refractivity contribution in [1.29, 1.82) is 0 Å². The van der Waals surface area contributed by atoms with E-state index in [9.17, 15) is 9.18 Å². The second-order valence-electron chi connectivity index (χ2n) is 4.93. The minimum Gasteiger partial charge on any atom is -0.337 e. The number of hydrogen-bond acceptors (Lipinski definition) is 2. The smallest absolute Gasteiger partial charge is 0.256 e. The van der Waals surface area contributed by atoms with Gasteiger partial charge < -0.3 is 9.80 Å². The number of carbonyl (C=O) groups is 1. The largest absolute Gasteiger partial charge is 0.337 e. The molecule has 1 aromatic carbocycles. The summed E-state index contributed by atoms with van der Waals surface area (Å²) in [6.07, 6.45) is 0.940. The Hall–Kier alpha value is -1.42. The van der Waals surface area contributed by atoms with Crippen LogP contribution in [0.25, 0.3) is 0 Å². The highest BCUT2D eigenvalue weighted by Crippen LogP contribution is 2.14. The highest BCUT2D eigenvalue weighted by atomic mass is 19.1. The van der Waals surface area contributed by atoms with Crippen LogP contribution in [0.2, 0.25) is 0 Å². The number of nitrogens with zero attached hydrogens (tertiary/aromatic N) is 2. The Morgan fingerprint density at radius 3 is 2.72 bits per heavy atom. The van der Waals surface area contributed by atoms with E-state index in [0.717, 1.165) is 25.1 Å². The van der Waals surface area contributed by atoms with Crippen LogP contribution in [0.1, 0.15) is 22.3 Å². The Morgan fingerprint density at radius 2 is 2.00 bits per heavy atom. The van der Waals surface area contributed by atoms with Gasteiger partial charge in [0.1, 0.15) is 5.82 Å². The minimum atomic E-state index is -0.419. The molecule has 0 atom stereocenters. The number of amides is 1. The molecule has 0 radical (unpaired) electrons. The number of carbonyl (C=O) groups excluding carboxylic acids is 1. The summed E-state index contributed by atoms with van der Waals surface area (Å²) in [5.74, 6) is -0.611. The predicted molar refractivity (Wildman–Crippen MR) is 69.2 cm³/mol. The van der Waals surface area contributed by atoms with Crippen molar-refractivity contribution in [2.45, 2.75) is 13.3 Å². The lowest BCUT2D eigenvalue weighted by atomic mass is 10.1. The first kappa shape index (κ1) is 13.0. The van der Waals surface area contributed by atoms with Crippen LogP contribution in [0.5, 0.6) is 0 Å². The van der Waals surface area contributed by atoms with E-state index < -0.39 is 5.82 Å². The second kappa shape index (κ2) is 5.48. The Bertz CT molecular complexity index is 447. The molecule has 0 N–H and O–H groups in total. The van der Waals surface area contributed by atoms with Gasteiger partial charge in [0.15, 0.2) is 0 Å². The quantitative estimate of drug-likeness (QED) is 0.760. The van der Waals surface area contributed by atoms with Crippen LogP contribution in [-0.2, 0) is 0 Å². The highest BCUT2D eigenvalue weighted by Gasteiger charge is 2.21. The van der Waals surface area contributed by atoms with Crippen molar-refractivity contribution in [2.24, 2.45) is 0 Å². The first-order valence-corrected chi connectivity index (χ1v) is 6.32. The van der Waals surface area contributed by atoms with Crippen molar-refractivity contribution >= 4 is 5.91 Å². The fraction of sp³-hybridized carbons (Fsp3) is 0.500. The third-order valence-corrected chi connectivity index (χ3v) is 3.36. The van der Waals surface area contributed by atoms with Crippen molar-refractivity contribution in [1.82, 2.24) is 9.80 Å². The summed E-state index contributed by atoms with van der Waals surface area (Å²) < 4.78 is 13.8. The second-order valence-corrected chi connectivity index (χ2v) is 4.93. The van der Waals surface area contributed by atoms with Crippen molar-refractivity contribution in [3.05, 3.63) is 35.1 Å². The van der Waals surface area contributed by atoms with Gasteiger partial charge in [-0.15, -0.1) is 0 Å². The molecule has 0 aromatic heterocycles. The molecule has 0 bridgehead atoms. The number of rotatable bonds is 1. The first-order chi connectivity index (χ1) is 8.58. The van der Waals surface area contributed by atoms with Gasteiger partial charge in [0.2, 0.25) is 0 Å². The van der Waals surface area contributed by atoms with E-state index in [1.54, 1.807) is 17.0 Å². The molecule has 4 heteroatoms. The molecule has 0 aliphatic carbocycles. The molecule has 1 aliphatic rings. The summed E-state index contributed by atoms with van der Waals surface area (Å²) in [5.41, 5.74) is 1.02. The van der Waals surface area contributed by atoms with Crippen molar-refractivity contribution in [3.63, 3.8) is 0 Å². The molecule has 1 saturated heterocycles. The number of benzene rings is 1.